The first-order valence-corrected chi connectivity index (χ1v) is 7.62. The Labute approximate surface area is 131 Å². The number of carbonyl (C=O) groups is 1. The zero-order valence-corrected chi connectivity index (χ0v) is 13.3. The molecular weight excluding hydrogens is 348 g/mol. The number of hydrogen-bond donors (Lipinski definition) is 2. The molecule has 1 aromatic rings. The average molecular weight is 362 g/mol. The number of benzene rings is 1. The molecule has 1 aromatic carbocycles. The molecule has 6 heteroatoms. The van der Waals surface area contributed by atoms with Gasteiger partial charge in [-0.15, -0.1) is 0 Å². The molecule has 0 spiro atoms. The largest absolute Gasteiger partial charge is 0.393 e. The van der Waals surface area contributed by atoms with Gasteiger partial charge in [-0.1, -0.05) is 30.2 Å². The second kappa shape index (κ2) is 6.20. The molecule has 1 fully saturated rings. The predicted molar refractivity (Wildman–Crippen MR) is 84.5 cm³/mol. The van der Waals surface area contributed by atoms with E-state index in [4.69, 9.17) is 29.6 Å². The van der Waals surface area contributed by atoms with Crippen molar-refractivity contribution in [2.75, 3.05) is 0 Å². The molecule has 102 valence electrons. The molecule has 0 heterocycles. The molecular formula is C13H14BrClN2OS. The van der Waals surface area contributed by atoms with Gasteiger partial charge in [0.1, 0.15) is 0 Å². The van der Waals surface area contributed by atoms with E-state index in [1.54, 1.807) is 18.2 Å². The standard InChI is InChI=1S/C13H14BrClN2OS/c14-9-5-4-7(6-10(9)15)13(18)17-11-3-1-2-8(11)12(16)19/h4-6,8,11H,1-3H2,(H2,16,19)(H,17,18). The molecule has 3 N–H and O–H groups in total. The normalized spacial score (nSPS) is 22.2. The fraction of sp³-hybridized carbons (Fsp3) is 0.385. The summed E-state index contributed by atoms with van der Waals surface area (Å²) in [5.74, 6) is -0.0348. The highest BCUT2D eigenvalue weighted by atomic mass is 79.9. The Hall–Kier alpha value is -0.650. The van der Waals surface area contributed by atoms with E-state index in [2.05, 4.69) is 21.2 Å². The van der Waals surface area contributed by atoms with E-state index in [0.717, 1.165) is 23.7 Å². The van der Waals surface area contributed by atoms with Gasteiger partial charge >= 0.3 is 0 Å². The van der Waals surface area contributed by atoms with Gasteiger partial charge in [-0.25, -0.2) is 0 Å². The van der Waals surface area contributed by atoms with Gasteiger partial charge in [0.2, 0.25) is 0 Å². The van der Waals surface area contributed by atoms with Gasteiger partial charge in [0.25, 0.3) is 5.91 Å². The van der Waals surface area contributed by atoms with Gasteiger partial charge in [0, 0.05) is 22.0 Å². The molecule has 1 aliphatic rings. The van der Waals surface area contributed by atoms with E-state index < -0.39 is 0 Å². The first-order valence-electron chi connectivity index (χ1n) is 6.04. The van der Waals surface area contributed by atoms with E-state index in [-0.39, 0.29) is 17.9 Å². The summed E-state index contributed by atoms with van der Waals surface area (Å²) in [6, 6.07) is 5.17. The van der Waals surface area contributed by atoms with Gasteiger partial charge in [-0.3, -0.25) is 4.79 Å². The Bertz CT molecular complexity index is 523. The SMILES string of the molecule is NC(=S)C1CCCC1NC(=O)c1ccc(Br)c(Cl)c1. The van der Waals surface area contributed by atoms with E-state index in [0.29, 0.717) is 15.6 Å². The number of thiocarbonyl (C=S) groups is 1. The third-order valence-corrected chi connectivity index (χ3v) is 4.91. The van der Waals surface area contributed by atoms with Gasteiger partial charge in [-0.05, 0) is 47.0 Å². The quantitative estimate of drug-likeness (QED) is 0.812. The van der Waals surface area contributed by atoms with Crippen molar-refractivity contribution in [3.63, 3.8) is 0 Å². The highest BCUT2D eigenvalue weighted by molar-refractivity contribution is 9.10. The maximum atomic E-state index is 12.2. The Balaban J connectivity index is 2.08. The van der Waals surface area contributed by atoms with E-state index in [9.17, 15) is 4.79 Å². The minimum atomic E-state index is -0.137. The van der Waals surface area contributed by atoms with Crippen molar-refractivity contribution in [2.45, 2.75) is 25.3 Å². The molecule has 2 rings (SSSR count). The molecule has 2 unspecified atom stereocenters. The monoisotopic (exact) mass is 360 g/mol. The first kappa shape index (κ1) is 14.8. The second-order valence-corrected chi connectivity index (χ2v) is 6.38. The van der Waals surface area contributed by atoms with Crippen molar-refractivity contribution in [3.8, 4) is 0 Å². The third kappa shape index (κ3) is 3.46. The Morgan fingerprint density at radius 3 is 2.84 bits per heavy atom. The lowest BCUT2D eigenvalue weighted by atomic mass is 10.0. The van der Waals surface area contributed by atoms with Gasteiger partial charge < -0.3 is 11.1 Å². The lowest BCUT2D eigenvalue weighted by Crippen LogP contribution is -2.41. The van der Waals surface area contributed by atoms with E-state index >= 15 is 0 Å². The lowest BCUT2D eigenvalue weighted by Gasteiger charge is -2.20. The molecule has 0 aromatic heterocycles. The molecule has 1 saturated carbocycles. The van der Waals surface area contributed by atoms with Crippen molar-refractivity contribution in [3.05, 3.63) is 33.3 Å². The van der Waals surface area contributed by atoms with Crippen LogP contribution in [0.15, 0.2) is 22.7 Å². The van der Waals surface area contributed by atoms with Crippen molar-refractivity contribution in [1.29, 1.82) is 0 Å². The van der Waals surface area contributed by atoms with Gasteiger partial charge in [0.15, 0.2) is 0 Å². The molecule has 3 nitrogen and oxygen atoms in total. The van der Waals surface area contributed by atoms with Crippen LogP contribution in [-0.4, -0.2) is 16.9 Å². The summed E-state index contributed by atoms with van der Waals surface area (Å²) in [6.07, 6.45) is 2.90. The van der Waals surface area contributed by atoms with Gasteiger partial charge in [0.05, 0.1) is 10.0 Å². The number of rotatable bonds is 3. The highest BCUT2D eigenvalue weighted by Gasteiger charge is 2.30. The van der Waals surface area contributed by atoms with Crippen LogP contribution in [0.2, 0.25) is 5.02 Å². The zero-order valence-electron chi connectivity index (χ0n) is 10.2. The zero-order chi connectivity index (χ0) is 14.0. The molecule has 0 bridgehead atoms. The highest BCUT2D eigenvalue weighted by Crippen LogP contribution is 2.27. The summed E-state index contributed by atoms with van der Waals surface area (Å²) in [5, 5.41) is 3.51. The maximum absolute atomic E-state index is 12.2. The van der Waals surface area contributed by atoms with E-state index in [1.165, 1.54) is 0 Å². The minimum absolute atomic E-state index is 0.0347. The number of halogens is 2. The average Bonchev–Trinajstić information content (AvgIpc) is 2.80. The molecule has 1 amide bonds. The van der Waals surface area contributed by atoms with Crippen LogP contribution in [0.4, 0.5) is 0 Å². The van der Waals surface area contributed by atoms with Crippen molar-refractivity contribution >= 4 is 50.6 Å². The number of nitrogens with one attached hydrogen (secondary N) is 1. The summed E-state index contributed by atoms with van der Waals surface area (Å²) >= 11 is 14.3. The van der Waals surface area contributed by atoms with Crippen LogP contribution < -0.4 is 11.1 Å². The smallest absolute Gasteiger partial charge is 0.251 e. The molecule has 0 aliphatic heterocycles. The lowest BCUT2D eigenvalue weighted by molar-refractivity contribution is 0.0934. The first-order chi connectivity index (χ1) is 8.99. The molecule has 0 saturated heterocycles. The van der Waals surface area contributed by atoms with E-state index in [1.807, 2.05) is 0 Å². The van der Waals surface area contributed by atoms with Crippen LogP contribution in [0.25, 0.3) is 0 Å². The van der Waals surface area contributed by atoms with Crippen molar-refractivity contribution < 1.29 is 4.79 Å². The van der Waals surface area contributed by atoms with Crippen molar-refractivity contribution in [1.82, 2.24) is 5.32 Å². The van der Waals surface area contributed by atoms with Crippen LogP contribution >= 0.6 is 39.7 Å². The van der Waals surface area contributed by atoms with Crippen LogP contribution in [0.5, 0.6) is 0 Å². The Morgan fingerprint density at radius 2 is 2.21 bits per heavy atom. The van der Waals surface area contributed by atoms with Crippen LogP contribution in [0.1, 0.15) is 29.6 Å². The molecule has 0 radical (unpaired) electrons. The molecule has 1 aliphatic carbocycles. The number of carbonyl (C=O) groups excluding carboxylic acids is 1. The maximum Gasteiger partial charge on any atom is 0.251 e. The fourth-order valence-electron chi connectivity index (χ4n) is 2.36. The molecule has 19 heavy (non-hydrogen) atoms. The predicted octanol–water partition coefficient (Wildman–Crippen LogP) is 3.29. The second-order valence-electron chi connectivity index (χ2n) is 4.65. The number of hydrogen-bond acceptors (Lipinski definition) is 2. The Kier molecular flexibility index (Phi) is 4.81. The van der Waals surface area contributed by atoms with Crippen LogP contribution in [0, 0.1) is 5.92 Å². The summed E-state index contributed by atoms with van der Waals surface area (Å²) in [5.41, 5.74) is 6.24. The summed E-state index contributed by atoms with van der Waals surface area (Å²) < 4.78 is 0.771. The van der Waals surface area contributed by atoms with Crippen LogP contribution in [-0.2, 0) is 0 Å². The summed E-state index contributed by atoms with van der Waals surface area (Å²) in [6.45, 7) is 0. The number of nitrogens with two attached hydrogens (primary N) is 1. The number of amides is 1. The summed E-state index contributed by atoms with van der Waals surface area (Å²) in [7, 11) is 0. The summed E-state index contributed by atoms with van der Waals surface area (Å²) in [4.78, 5) is 12.6. The minimum Gasteiger partial charge on any atom is -0.393 e. The topological polar surface area (TPSA) is 55.1 Å². The van der Waals surface area contributed by atoms with Gasteiger partial charge in [-0.2, -0.15) is 0 Å². The fourth-order valence-corrected chi connectivity index (χ4v) is 3.07. The third-order valence-electron chi connectivity index (χ3n) is 3.38. The van der Waals surface area contributed by atoms with Crippen LogP contribution in [0.3, 0.4) is 0 Å². The molecule has 2 atom stereocenters. The van der Waals surface area contributed by atoms with Crippen molar-refractivity contribution in [2.24, 2.45) is 11.7 Å². The Morgan fingerprint density at radius 1 is 1.47 bits per heavy atom.